The van der Waals surface area contributed by atoms with Gasteiger partial charge in [-0.3, -0.25) is 0 Å². The monoisotopic (exact) mass is 227 g/mol. The predicted molar refractivity (Wildman–Crippen MR) is 65.7 cm³/mol. The molecule has 0 aliphatic rings. The fourth-order valence-corrected chi connectivity index (χ4v) is 2.13. The van der Waals surface area contributed by atoms with Gasteiger partial charge < -0.3 is 5.32 Å². The topological polar surface area (TPSA) is 12.0 Å². The zero-order chi connectivity index (χ0) is 11.1. The molecular weight excluding hydrogens is 209 g/mol. The van der Waals surface area contributed by atoms with Gasteiger partial charge in [0.05, 0.1) is 0 Å². The van der Waals surface area contributed by atoms with Gasteiger partial charge in [-0.1, -0.05) is 25.1 Å². The summed E-state index contributed by atoms with van der Waals surface area (Å²) < 4.78 is 13.2. The van der Waals surface area contributed by atoms with E-state index in [1.54, 1.807) is 6.07 Å². The van der Waals surface area contributed by atoms with Gasteiger partial charge in [0.1, 0.15) is 5.82 Å². The van der Waals surface area contributed by atoms with Crippen LogP contribution in [0.2, 0.25) is 0 Å². The maximum Gasteiger partial charge on any atom is 0.127 e. The molecule has 0 spiro atoms. The molecule has 0 saturated carbocycles. The van der Waals surface area contributed by atoms with Crippen molar-refractivity contribution in [2.75, 3.05) is 18.6 Å². The Morgan fingerprint density at radius 3 is 2.80 bits per heavy atom. The average molecular weight is 227 g/mol. The van der Waals surface area contributed by atoms with Crippen molar-refractivity contribution >= 4 is 11.8 Å². The molecule has 0 aliphatic carbocycles. The largest absolute Gasteiger partial charge is 0.312 e. The first-order chi connectivity index (χ1) is 7.24. The third-order valence-electron chi connectivity index (χ3n) is 2.22. The van der Waals surface area contributed by atoms with Crippen LogP contribution in [0.5, 0.6) is 0 Å². The van der Waals surface area contributed by atoms with Crippen LogP contribution in [0.1, 0.15) is 12.5 Å². The molecule has 1 aromatic rings. The minimum atomic E-state index is -0.123. The highest BCUT2D eigenvalue weighted by Crippen LogP contribution is 2.07. The molecule has 1 aromatic carbocycles. The molecule has 1 unspecified atom stereocenters. The second-order valence-corrected chi connectivity index (χ2v) is 4.69. The quantitative estimate of drug-likeness (QED) is 0.802. The number of thioether (sulfide) groups is 1. The van der Waals surface area contributed by atoms with Crippen LogP contribution in [0, 0.1) is 11.7 Å². The number of hydrogen-bond acceptors (Lipinski definition) is 2. The summed E-state index contributed by atoms with van der Waals surface area (Å²) >= 11 is 1.85. The Hall–Kier alpha value is -0.540. The van der Waals surface area contributed by atoms with Crippen LogP contribution in [0.4, 0.5) is 4.39 Å². The lowest BCUT2D eigenvalue weighted by Gasteiger charge is -2.11. The molecule has 3 heteroatoms. The molecule has 0 heterocycles. The Balaban J connectivity index is 2.29. The van der Waals surface area contributed by atoms with Crippen molar-refractivity contribution in [3.63, 3.8) is 0 Å². The van der Waals surface area contributed by atoms with E-state index in [2.05, 4.69) is 18.5 Å². The van der Waals surface area contributed by atoms with Gasteiger partial charge in [0.25, 0.3) is 0 Å². The summed E-state index contributed by atoms with van der Waals surface area (Å²) in [6, 6.07) is 6.91. The van der Waals surface area contributed by atoms with Crippen molar-refractivity contribution in [1.29, 1.82) is 0 Å². The van der Waals surface area contributed by atoms with E-state index >= 15 is 0 Å². The van der Waals surface area contributed by atoms with Crippen molar-refractivity contribution in [1.82, 2.24) is 5.32 Å². The van der Waals surface area contributed by atoms with Gasteiger partial charge in [-0.05, 0) is 30.5 Å². The smallest absolute Gasteiger partial charge is 0.127 e. The minimum Gasteiger partial charge on any atom is -0.312 e. The number of nitrogens with one attached hydrogen (secondary N) is 1. The highest BCUT2D eigenvalue weighted by Gasteiger charge is 2.02. The van der Waals surface area contributed by atoms with Crippen molar-refractivity contribution < 1.29 is 4.39 Å². The molecule has 0 aromatic heterocycles. The summed E-state index contributed by atoms with van der Waals surface area (Å²) in [6.45, 7) is 3.76. The lowest BCUT2D eigenvalue weighted by molar-refractivity contribution is 0.540. The number of rotatable bonds is 6. The van der Waals surface area contributed by atoms with E-state index < -0.39 is 0 Å². The van der Waals surface area contributed by atoms with Crippen LogP contribution in [0.3, 0.4) is 0 Å². The van der Waals surface area contributed by atoms with E-state index in [4.69, 9.17) is 0 Å². The van der Waals surface area contributed by atoms with E-state index in [0.29, 0.717) is 12.5 Å². The van der Waals surface area contributed by atoms with Gasteiger partial charge in [0.2, 0.25) is 0 Å². The molecule has 0 radical (unpaired) electrons. The van der Waals surface area contributed by atoms with Gasteiger partial charge in [0, 0.05) is 12.1 Å². The molecule has 0 bridgehead atoms. The van der Waals surface area contributed by atoms with Gasteiger partial charge >= 0.3 is 0 Å². The van der Waals surface area contributed by atoms with Gasteiger partial charge in [-0.25, -0.2) is 4.39 Å². The van der Waals surface area contributed by atoms with Crippen LogP contribution in [0.15, 0.2) is 24.3 Å². The first-order valence-electron chi connectivity index (χ1n) is 5.17. The fourth-order valence-electron chi connectivity index (χ4n) is 1.44. The summed E-state index contributed by atoms with van der Waals surface area (Å²) in [6.07, 6.45) is 2.10. The summed E-state index contributed by atoms with van der Waals surface area (Å²) in [7, 11) is 0. The third kappa shape index (κ3) is 4.67. The van der Waals surface area contributed by atoms with Crippen LogP contribution in [-0.4, -0.2) is 18.6 Å². The number of benzene rings is 1. The molecule has 0 aliphatic heterocycles. The minimum absolute atomic E-state index is 0.123. The molecule has 1 nitrogen and oxygen atoms in total. The van der Waals surface area contributed by atoms with Crippen molar-refractivity contribution in [3.8, 4) is 0 Å². The van der Waals surface area contributed by atoms with Crippen LogP contribution < -0.4 is 5.32 Å². The van der Waals surface area contributed by atoms with Crippen molar-refractivity contribution in [2.24, 2.45) is 5.92 Å². The molecule has 0 saturated heterocycles. The van der Waals surface area contributed by atoms with Crippen LogP contribution in [0.25, 0.3) is 0 Å². The number of hydrogen-bond donors (Lipinski definition) is 1. The number of halogens is 1. The van der Waals surface area contributed by atoms with E-state index in [1.807, 2.05) is 23.9 Å². The zero-order valence-electron chi connectivity index (χ0n) is 9.29. The molecule has 1 rings (SSSR count). The molecule has 1 atom stereocenters. The molecule has 15 heavy (non-hydrogen) atoms. The molecule has 0 amide bonds. The Bertz CT molecular complexity index is 291. The zero-order valence-corrected chi connectivity index (χ0v) is 10.1. The Morgan fingerprint density at radius 1 is 1.40 bits per heavy atom. The summed E-state index contributed by atoms with van der Waals surface area (Å²) in [5, 5.41) is 3.27. The first kappa shape index (κ1) is 12.5. The average Bonchev–Trinajstić information content (AvgIpc) is 2.21. The second kappa shape index (κ2) is 6.85. The highest BCUT2D eigenvalue weighted by atomic mass is 32.2. The van der Waals surface area contributed by atoms with E-state index in [1.165, 1.54) is 6.07 Å². The van der Waals surface area contributed by atoms with Crippen molar-refractivity contribution in [2.45, 2.75) is 13.5 Å². The molecule has 0 fully saturated rings. The summed E-state index contributed by atoms with van der Waals surface area (Å²) in [5.74, 6) is 1.65. The SMILES string of the molecule is CSCC(C)CNCc1ccccc1F. The molecule has 1 N–H and O–H groups in total. The standard InChI is InChI=1S/C12H18FNS/c1-10(9-15-2)7-14-8-11-5-3-4-6-12(11)13/h3-6,10,14H,7-9H2,1-2H3. The maximum atomic E-state index is 13.2. The van der Waals surface area contributed by atoms with Crippen LogP contribution >= 0.6 is 11.8 Å². The lowest BCUT2D eigenvalue weighted by atomic mass is 10.2. The first-order valence-corrected chi connectivity index (χ1v) is 6.56. The Morgan fingerprint density at radius 2 is 2.13 bits per heavy atom. The normalized spacial score (nSPS) is 12.7. The Labute approximate surface area is 95.5 Å². The fraction of sp³-hybridized carbons (Fsp3) is 0.500. The van der Waals surface area contributed by atoms with Gasteiger partial charge in [-0.2, -0.15) is 11.8 Å². The van der Waals surface area contributed by atoms with Crippen molar-refractivity contribution in [3.05, 3.63) is 35.6 Å². The third-order valence-corrected chi connectivity index (χ3v) is 3.12. The lowest BCUT2D eigenvalue weighted by Crippen LogP contribution is -2.22. The van der Waals surface area contributed by atoms with Crippen LogP contribution in [-0.2, 0) is 6.54 Å². The molecular formula is C12H18FNS. The highest BCUT2D eigenvalue weighted by molar-refractivity contribution is 7.98. The maximum absolute atomic E-state index is 13.2. The molecule has 84 valence electrons. The van der Waals surface area contributed by atoms with E-state index in [9.17, 15) is 4.39 Å². The van der Waals surface area contributed by atoms with E-state index in [0.717, 1.165) is 17.9 Å². The van der Waals surface area contributed by atoms with Gasteiger partial charge in [0.15, 0.2) is 0 Å². The second-order valence-electron chi connectivity index (χ2n) is 3.78. The van der Waals surface area contributed by atoms with E-state index in [-0.39, 0.29) is 5.82 Å². The van der Waals surface area contributed by atoms with Gasteiger partial charge in [-0.15, -0.1) is 0 Å². The predicted octanol–water partition coefficient (Wildman–Crippen LogP) is 2.91. The summed E-state index contributed by atoms with van der Waals surface area (Å²) in [4.78, 5) is 0. The Kier molecular flexibility index (Phi) is 5.73. The summed E-state index contributed by atoms with van der Waals surface area (Å²) in [5.41, 5.74) is 0.744.